The second kappa shape index (κ2) is 6.39. The van der Waals surface area contributed by atoms with Crippen molar-refractivity contribution in [2.45, 2.75) is 18.2 Å². The fraction of sp³-hybridized carbons (Fsp3) is 0.400. The lowest BCUT2D eigenvalue weighted by Gasteiger charge is -2.13. The first-order valence-corrected chi connectivity index (χ1v) is 6.49. The predicted molar refractivity (Wildman–Crippen MR) is 65.2 cm³/mol. The molecule has 0 atom stereocenters. The average molecular weight is 373 g/mol. The number of hydrogen-bond acceptors (Lipinski definition) is 3. The summed E-state index contributed by atoms with van der Waals surface area (Å²) in [6.07, 6.45) is -1.62. The molecule has 0 bridgehead atoms. The Hall–Kier alpha value is -0.560. The van der Waals surface area contributed by atoms with E-state index >= 15 is 0 Å². The van der Waals surface area contributed by atoms with Crippen LogP contribution in [-0.4, -0.2) is 18.1 Å². The smallest absolute Gasteiger partial charge is 0.310 e. The largest absolute Gasteiger partial charge is 0.469 e. The molecule has 3 nitrogen and oxygen atoms in total. The maximum Gasteiger partial charge on any atom is 0.310 e. The van der Waals surface area contributed by atoms with Crippen molar-refractivity contribution in [2.75, 3.05) is 7.11 Å². The Kier molecular flexibility index (Phi) is 5.45. The van der Waals surface area contributed by atoms with Gasteiger partial charge >= 0.3 is 5.97 Å². The number of halogens is 4. The number of methoxy groups -OCH3 is 1. The fourth-order valence-electron chi connectivity index (χ4n) is 1.35. The van der Waals surface area contributed by atoms with Gasteiger partial charge in [0.1, 0.15) is 4.60 Å². The first kappa shape index (κ1) is 14.5. The van der Waals surface area contributed by atoms with Crippen LogP contribution in [0.15, 0.2) is 10.8 Å². The number of alkyl halides is 3. The molecule has 0 saturated heterocycles. The van der Waals surface area contributed by atoms with Gasteiger partial charge in [-0.1, -0.05) is 15.9 Å². The van der Waals surface area contributed by atoms with Crippen LogP contribution in [0, 0.1) is 0 Å². The van der Waals surface area contributed by atoms with E-state index in [2.05, 4.69) is 41.6 Å². The number of carbonyl (C=O) groups is 1. The van der Waals surface area contributed by atoms with Crippen LogP contribution in [0.5, 0.6) is 0 Å². The minimum Gasteiger partial charge on any atom is -0.469 e. The molecule has 0 N–H and O–H groups in total. The summed E-state index contributed by atoms with van der Waals surface area (Å²) in [5, 5.41) is 0.231. The molecule has 0 saturated carbocycles. The summed E-state index contributed by atoms with van der Waals surface area (Å²) in [6.45, 7) is 0. The molecule has 0 aliphatic rings. The van der Waals surface area contributed by atoms with Gasteiger partial charge < -0.3 is 4.74 Å². The van der Waals surface area contributed by atoms with Crippen LogP contribution >= 0.6 is 31.9 Å². The number of ether oxygens (including phenoxy) is 1. The number of aromatic nitrogens is 1. The van der Waals surface area contributed by atoms with Gasteiger partial charge in [-0.3, -0.25) is 4.79 Å². The van der Waals surface area contributed by atoms with Crippen molar-refractivity contribution >= 4 is 37.8 Å². The highest BCUT2D eigenvalue weighted by atomic mass is 79.9. The van der Waals surface area contributed by atoms with Gasteiger partial charge in [0.25, 0.3) is 6.43 Å². The molecule has 94 valence electrons. The summed E-state index contributed by atoms with van der Waals surface area (Å²) in [6, 6.07) is 0. The van der Waals surface area contributed by atoms with Gasteiger partial charge in [-0.2, -0.15) is 0 Å². The highest BCUT2D eigenvalue weighted by Crippen LogP contribution is 2.32. The van der Waals surface area contributed by atoms with Crippen molar-refractivity contribution in [3.05, 3.63) is 27.5 Å². The van der Waals surface area contributed by atoms with Gasteiger partial charge in [0.15, 0.2) is 0 Å². The first-order chi connectivity index (χ1) is 8.01. The van der Waals surface area contributed by atoms with Crippen molar-refractivity contribution in [3.8, 4) is 0 Å². The van der Waals surface area contributed by atoms with E-state index in [1.807, 2.05) is 0 Å². The van der Waals surface area contributed by atoms with E-state index < -0.39 is 12.4 Å². The van der Waals surface area contributed by atoms with Gasteiger partial charge in [0.05, 0.1) is 13.5 Å². The zero-order valence-corrected chi connectivity index (χ0v) is 12.0. The van der Waals surface area contributed by atoms with Crippen LogP contribution in [0.4, 0.5) is 8.78 Å². The number of nitrogens with zero attached hydrogens (tertiary/aromatic N) is 1. The summed E-state index contributed by atoms with van der Waals surface area (Å²) in [5.41, 5.74) is 0.361. The van der Waals surface area contributed by atoms with Crippen molar-refractivity contribution in [1.82, 2.24) is 4.98 Å². The van der Waals surface area contributed by atoms with Gasteiger partial charge in [-0.05, 0) is 21.5 Å². The van der Waals surface area contributed by atoms with E-state index in [0.29, 0.717) is 10.2 Å². The minimum absolute atomic E-state index is 0.172. The average Bonchev–Trinajstić information content (AvgIpc) is 2.30. The fourth-order valence-corrected chi connectivity index (χ4v) is 2.75. The van der Waals surface area contributed by atoms with Crippen LogP contribution < -0.4 is 0 Å². The molecular formula is C10H9Br2F2NO2. The molecule has 1 aromatic rings. The predicted octanol–water partition coefficient (Wildman–Crippen LogP) is 3.39. The maximum absolute atomic E-state index is 13.0. The zero-order valence-electron chi connectivity index (χ0n) is 8.84. The first-order valence-electron chi connectivity index (χ1n) is 4.58. The topological polar surface area (TPSA) is 39.2 Å². The Balaban J connectivity index is 3.25. The molecule has 0 unspecified atom stereocenters. The van der Waals surface area contributed by atoms with Gasteiger partial charge in [-0.25, -0.2) is 13.8 Å². The van der Waals surface area contributed by atoms with Gasteiger partial charge in [0, 0.05) is 22.7 Å². The van der Waals surface area contributed by atoms with E-state index in [0.717, 1.165) is 0 Å². The van der Waals surface area contributed by atoms with Crippen molar-refractivity contribution < 1.29 is 18.3 Å². The molecule has 1 rings (SSSR count). The molecule has 0 fully saturated rings. The Morgan fingerprint density at radius 3 is 2.71 bits per heavy atom. The van der Waals surface area contributed by atoms with Crippen LogP contribution in [0.2, 0.25) is 0 Å². The summed E-state index contributed by atoms with van der Waals surface area (Å²) < 4.78 is 30.8. The monoisotopic (exact) mass is 371 g/mol. The molecule has 0 amide bonds. The lowest BCUT2D eigenvalue weighted by atomic mass is 10.0. The number of rotatable bonds is 4. The molecular weight excluding hydrogens is 364 g/mol. The number of pyridine rings is 1. The summed E-state index contributed by atoms with van der Waals surface area (Å²) in [7, 11) is 1.21. The highest BCUT2D eigenvalue weighted by molar-refractivity contribution is 9.10. The standard InChI is InChI=1S/C10H9Br2F2NO2/c1-17-7(16)2-5-4-15-9(12)6(3-11)8(5)10(13)14/h4,10H,2-3H2,1H3. The molecule has 0 spiro atoms. The third kappa shape index (κ3) is 3.45. The van der Waals surface area contributed by atoms with Gasteiger partial charge in [0.2, 0.25) is 0 Å². The molecule has 0 radical (unpaired) electrons. The third-order valence-electron chi connectivity index (χ3n) is 2.17. The van der Waals surface area contributed by atoms with Gasteiger partial charge in [-0.15, -0.1) is 0 Å². The van der Waals surface area contributed by atoms with Crippen molar-refractivity contribution in [1.29, 1.82) is 0 Å². The Bertz CT molecular complexity index is 427. The second-order valence-electron chi connectivity index (χ2n) is 3.15. The number of esters is 1. The van der Waals surface area contributed by atoms with Crippen molar-refractivity contribution in [3.63, 3.8) is 0 Å². The molecule has 1 aromatic heterocycles. The van der Waals surface area contributed by atoms with Crippen LogP contribution in [-0.2, 0) is 21.3 Å². The molecule has 7 heteroatoms. The van der Waals surface area contributed by atoms with E-state index in [1.165, 1.54) is 13.3 Å². The molecule has 17 heavy (non-hydrogen) atoms. The van der Waals surface area contributed by atoms with Crippen LogP contribution in [0.25, 0.3) is 0 Å². The maximum atomic E-state index is 13.0. The number of hydrogen-bond donors (Lipinski definition) is 0. The highest BCUT2D eigenvalue weighted by Gasteiger charge is 2.22. The van der Waals surface area contributed by atoms with E-state index in [9.17, 15) is 13.6 Å². The van der Waals surface area contributed by atoms with E-state index in [1.54, 1.807) is 0 Å². The quantitative estimate of drug-likeness (QED) is 0.462. The second-order valence-corrected chi connectivity index (χ2v) is 4.47. The lowest BCUT2D eigenvalue weighted by molar-refractivity contribution is -0.139. The molecule has 1 heterocycles. The molecule has 0 aliphatic heterocycles. The third-order valence-corrected chi connectivity index (χ3v) is 3.41. The van der Waals surface area contributed by atoms with Crippen LogP contribution in [0.1, 0.15) is 23.1 Å². The minimum atomic E-state index is -2.67. The summed E-state index contributed by atoms with van der Waals surface area (Å²) >= 11 is 6.23. The zero-order chi connectivity index (χ0) is 13.0. The lowest BCUT2D eigenvalue weighted by Crippen LogP contribution is -2.10. The summed E-state index contributed by atoms with van der Waals surface area (Å²) in [4.78, 5) is 15.0. The number of carbonyl (C=O) groups excluding carboxylic acids is 1. The molecule has 0 aromatic carbocycles. The summed E-state index contributed by atoms with van der Waals surface area (Å²) in [5.74, 6) is -0.573. The molecule has 0 aliphatic carbocycles. The van der Waals surface area contributed by atoms with Crippen molar-refractivity contribution in [2.24, 2.45) is 0 Å². The Morgan fingerprint density at radius 1 is 1.59 bits per heavy atom. The SMILES string of the molecule is COC(=O)Cc1cnc(Br)c(CBr)c1C(F)F. The van der Waals surface area contributed by atoms with E-state index in [-0.39, 0.29) is 22.9 Å². The normalized spacial score (nSPS) is 10.7. The van der Waals surface area contributed by atoms with E-state index in [4.69, 9.17) is 0 Å². The Labute approximate surface area is 114 Å². The Morgan fingerprint density at radius 2 is 2.24 bits per heavy atom. The van der Waals surface area contributed by atoms with Crippen LogP contribution in [0.3, 0.4) is 0 Å².